The predicted octanol–water partition coefficient (Wildman–Crippen LogP) is 3.85. The van der Waals surface area contributed by atoms with Crippen molar-refractivity contribution in [1.29, 1.82) is 0 Å². The van der Waals surface area contributed by atoms with E-state index in [1.807, 2.05) is 30.5 Å². The molecule has 1 aliphatic rings. The molecule has 1 aliphatic heterocycles. The van der Waals surface area contributed by atoms with Gasteiger partial charge in [-0.15, -0.1) is 11.8 Å². The van der Waals surface area contributed by atoms with Gasteiger partial charge in [-0.05, 0) is 45.1 Å². The van der Waals surface area contributed by atoms with Crippen LogP contribution >= 0.6 is 11.8 Å². The Hall–Kier alpha value is -0.800. The number of benzene rings is 1. The first-order chi connectivity index (χ1) is 9.11. The molecule has 0 aliphatic carbocycles. The van der Waals surface area contributed by atoms with E-state index < -0.39 is 0 Å². The molecule has 1 saturated heterocycles. The molecule has 19 heavy (non-hydrogen) atoms. The highest BCUT2D eigenvalue weighted by atomic mass is 32.2. The molecule has 2 atom stereocenters. The van der Waals surface area contributed by atoms with Crippen LogP contribution in [-0.4, -0.2) is 35.6 Å². The molecule has 1 aromatic carbocycles. The lowest BCUT2D eigenvalue weighted by atomic mass is 9.96. The Bertz CT molecular complexity index is 419. The van der Waals surface area contributed by atoms with Gasteiger partial charge in [0.15, 0.2) is 5.78 Å². The number of carbonyl (C=O) groups excluding carboxylic acids is 1. The van der Waals surface area contributed by atoms with Gasteiger partial charge in [0.1, 0.15) is 0 Å². The molecule has 2 nitrogen and oxygen atoms in total. The van der Waals surface area contributed by atoms with Gasteiger partial charge in [0.05, 0.1) is 6.54 Å². The van der Waals surface area contributed by atoms with Gasteiger partial charge in [0.2, 0.25) is 0 Å². The summed E-state index contributed by atoms with van der Waals surface area (Å²) in [6.45, 7) is 5.03. The summed E-state index contributed by atoms with van der Waals surface area (Å²) in [6.07, 6.45) is 5.76. The number of piperidine rings is 1. The molecule has 1 fully saturated rings. The van der Waals surface area contributed by atoms with Crippen LogP contribution < -0.4 is 0 Å². The number of hydrogen-bond acceptors (Lipinski definition) is 3. The van der Waals surface area contributed by atoms with Crippen molar-refractivity contribution >= 4 is 17.5 Å². The summed E-state index contributed by atoms with van der Waals surface area (Å²) in [5, 5.41) is 0. The van der Waals surface area contributed by atoms with Gasteiger partial charge in [-0.25, -0.2) is 0 Å². The number of rotatable bonds is 4. The highest BCUT2D eigenvalue weighted by molar-refractivity contribution is 7.98. The Kier molecular flexibility index (Phi) is 5.06. The van der Waals surface area contributed by atoms with Crippen LogP contribution in [0, 0.1) is 0 Å². The van der Waals surface area contributed by atoms with Crippen molar-refractivity contribution < 1.29 is 4.79 Å². The minimum absolute atomic E-state index is 0.244. The van der Waals surface area contributed by atoms with Crippen molar-refractivity contribution in [2.45, 2.75) is 50.1 Å². The molecule has 0 spiro atoms. The van der Waals surface area contributed by atoms with Gasteiger partial charge in [-0.2, -0.15) is 0 Å². The van der Waals surface area contributed by atoms with Crippen LogP contribution in [0.1, 0.15) is 43.5 Å². The average Bonchev–Trinajstić information content (AvgIpc) is 2.43. The number of hydrogen-bond donors (Lipinski definition) is 0. The Morgan fingerprint density at radius 3 is 2.32 bits per heavy atom. The molecule has 0 saturated carbocycles. The second kappa shape index (κ2) is 6.58. The summed E-state index contributed by atoms with van der Waals surface area (Å²) in [7, 11) is 0. The third kappa shape index (κ3) is 3.61. The number of thioether (sulfide) groups is 1. The third-order valence-corrected chi connectivity index (χ3v) is 4.86. The number of carbonyl (C=O) groups is 1. The smallest absolute Gasteiger partial charge is 0.176 e. The van der Waals surface area contributed by atoms with Crippen molar-refractivity contribution in [3.05, 3.63) is 29.8 Å². The summed E-state index contributed by atoms with van der Waals surface area (Å²) in [5.74, 6) is 0.244. The average molecular weight is 277 g/mol. The molecule has 1 aromatic rings. The zero-order chi connectivity index (χ0) is 13.8. The normalized spacial score (nSPS) is 24.4. The van der Waals surface area contributed by atoms with Crippen LogP contribution in [0.15, 0.2) is 29.2 Å². The summed E-state index contributed by atoms with van der Waals surface area (Å²) in [6, 6.07) is 9.01. The van der Waals surface area contributed by atoms with Crippen LogP contribution in [0.3, 0.4) is 0 Å². The van der Waals surface area contributed by atoms with Gasteiger partial charge >= 0.3 is 0 Å². The van der Waals surface area contributed by atoms with E-state index in [0.29, 0.717) is 18.6 Å². The van der Waals surface area contributed by atoms with Crippen molar-refractivity contribution in [2.75, 3.05) is 12.8 Å². The van der Waals surface area contributed by atoms with Gasteiger partial charge in [0, 0.05) is 22.5 Å². The van der Waals surface area contributed by atoms with Crippen LogP contribution in [0.2, 0.25) is 0 Å². The molecule has 0 unspecified atom stereocenters. The molecule has 104 valence electrons. The molecule has 0 aromatic heterocycles. The van der Waals surface area contributed by atoms with Crippen LogP contribution in [0.25, 0.3) is 0 Å². The first-order valence-electron chi connectivity index (χ1n) is 7.05. The minimum Gasteiger partial charge on any atom is -0.293 e. The minimum atomic E-state index is 0.244. The Balaban J connectivity index is 2.02. The summed E-state index contributed by atoms with van der Waals surface area (Å²) in [5.41, 5.74) is 0.836. The van der Waals surface area contributed by atoms with Gasteiger partial charge in [-0.3, -0.25) is 9.69 Å². The summed E-state index contributed by atoms with van der Waals surface area (Å²) >= 11 is 1.70. The van der Waals surface area contributed by atoms with Crippen LogP contribution in [0.5, 0.6) is 0 Å². The van der Waals surface area contributed by atoms with Crippen LogP contribution in [-0.2, 0) is 0 Å². The molecule has 0 bridgehead atoms. The zero-order valence-electron chi connectivity index (χ0n) is 12.1. The maximum Gasteiger partial charge on any atom is 0.176 e. The third-order valence-electron chi connectivity index (χ3n) is 4.11. The van der Waals surface area contributed by atoms with E-state index in [4.69, 9.17) is 0 Å². The Morgan fingerprint density at radius 1 is 1.21 bits per heavy atom. The monoisotopic (exact) mass is 277 g/mol. The molecule has 0 amide bonds. The number of likely N-dealkylation sites (tertiary alicyclic amines) is 1. The maximum absolute atomic E-state index is 12.4. The largest absolute Gasteiger partial charge is 0.293 e. The first-order valence-corrected chi connectivity index (χ1v) is 8.27. The molecular weight excluding hydrogens is 254 g/mol. The summed E-state index contributed by atoms with van der Waals surface area (Å²) in [4.78, 5) is 15.9. The lowest BCUT2D eigenvalue weighted by Crippen LogP contribution is -2.46. The van der Waals surface area contributed by atoms with Crippen molar-refractivity contribution in [1.82, 2.24) is 4.90 Å². The van der Waals surface area contributed by atoms with E-state index in [0.717, 1.165) is 5.56 Å². The Labute approximate surface area is 120 Å². The van der Waals surface area contributed by atoms with E-state index in [9.17, 15) is 4.79 Å². The first kappa shape index (κ1) is 14.6. The molecular formula is C16H23NOS. The summed E-state index contributed by atoms with van der Waals surface area (Å²) < 4.78 is 0. The van der Waals surface area contributed by atoms with Crippen molar-refractivity contribution in [3.63, 3.8) is 0 Å². The fraction of sp³-hybridized carbons (Fsp3) is 0.562. The Morgan fingerprint density at radius 2 is 1.79 bits per heavy atom. The van der Waals surface area contributed by atoms with Gasteiger partial charge in [0.25, 0.3) is 0 Å². The van der Waals surface area contributed by atoms with Gasteiger partial charge in [-0.1, -0.05) is 18.6 Å². The van der Waals surface area contributed by atoms with E-state index in [-0.39, 0.29) is 5.78 Å². The van der Waals surface area contributed by atoms with Crippen molar-refractivity contribution in [3.8, 4) is 0 Å². The standard InChI is InChI=1S/C16H23NOS/c1-12-5-4-6-13(2)17(12)11-16(18)14-7-9-15(19-3)10-8-14/h7-10,12-13H,4-6,11H2,1-3H3/t12-,13+. The van der Waals surface area contributed by atoms with E-state index in [1.54, 1.807) is 11.8 Å². The van der Waals surface area contributed by atoms with E-state index in [2.05, 4.69) is 18.7 Å². The zero-order valence-corrected chi connectivity index (χ0v) is 12.9. The number of nitrogens with zero attached hydrogens (tertiary/aromatic N) is 1. The highest BCUT2D eigenvalue weighted by Gasteiger charge is 2.26. The quantitative estimate of drug-likeness (QED) is 0.616. The van der Waals surface area contributed by atoms with Crippen molar-refractivity contribution in [2.24, 2.45) is 0 Å². The lowest BCUT2D eigenvalue weighted by molar-refractivity contribution is 0.0734. The fourth-order valence-corrected chi connectivity index (χ4v) is 3.23. The van der Waals surface area contributed by atoms with Gasteiger partial charge < -0.3 is 0 Å². The molecule has 0 radical (unpaired) electrons. The second-order valence-electron chi connectivity index (χ2n) is 5.45. The van der Waals surface area contributed by atoms with Crippen LogP contribution in [0.4, 0.5) is 0 Å². The highest BCUT2D eigenvalue weighted by Crippen LogP contribution is 2.23. The SMILES string of the molecule is CSc1ccc(C(=O)CN2[C@H](C)CCC[C@@H]2C)cc1. The predicted molar refractivity (Wildman–Crippen MR) is 82.0 cm³/mol. The molecule has 3 heteroatoms. The topological polar surface area (TPSA) is 20.3 Å². The molecule has 2 rings (SSSR count). The fourth-order valence-electron chi connectivity index (χ4n) is 2.82. The maximum atomic E-state index is 12.4. The molecule has 1 heterocycles. The second-order valence-corrected chi connectivity index (χ2v) is 6.33. The number of Topliss-reactive ketones (excluding diaryl/α,β-unsaturated/α-hetero) is 1. The van der Waals surface area contributed by atoms with E-state index >= 15 is 0 Å². The van der Waals surface area contributed by atoms with E-state index in [1.165, 1.54) is 24.2 Å². The number of ketones is 1. The molecule has 0 N–H and O–H groups in total. The lowest BCUT2D eigenvalue weighted by Gasteiger charge is -2.38.